The molecule has 0 saturated carbocycles. The minimum atomic E-state index is -2.94. The molecular weight excluding hydrogens is 252 g/mol. The molecule has 0 aromatic carbocycles. The van der Waals surface area contributed by atoms with Crippen molar-refractivity contribution >= 4 is 15.7 Å². The monoisotopic (exact) mass is 276 g/mol. The molecule has 0 radical (unpaired) electrons. The molecule has 3 unspecified atom stereocenters. The van der Waals surface area contributed by atoms with E-state index in [1.807, 2.05) is 6.92 Å². The van der Waals surface area contributed by atoms with E-state index in [9.17, 15) is 13.2 Å². The molecule has 1 amide bonds. The third-order valence-electron chi connectivity index (χ3n) is 3.56. The van der Waals surface area contributed by atoms with Crippen LogP contribution in [-0.2, 0) is 14.6 Å². The van der Waals surface area contributed by atoms with Crippen molar-refractivity contribution < 1.29 is 13.2 Å². The second-order valence-electron chi connectivity index (χ2n) is 5.22. The van der Waals surface area contributed by atoms with E-state index in [0.717, 1.165) is 6.42 Å². The average molecular weight is 276 g/mol. The highest BCUT2D eigenvalue weighted by atomic mass is 32.2. The van der Waals surface area contributed by atoms with Gasteiger partial charge < -0.3 is 4.90 Å². The van der Waals surface area contributed by atoms with E-state index in [2.05, 4.69) is 19.2 Å². The summed E-state index contributed by atoms with van der Waals surface area (Å²) in [5, 5.41) is 3.28. The van der Waals surface area contributed by atoms with E-state index in [1.54, 1.807) is 4.90 Å². The predicted octanol–water partition coefficient (Wildman–Crippen LogP) is 0.614. The number of nitrogens with one attached hydrogen (secondary N) is 1. The van der Waals surface area contributed by atoms with E-state index in [1.165, 1.54) is 6.26 Å². The third kappa shape index (κ3) is 3.95. The van der Waals surface area contributed by atoms with Crippen LogP contribution >= 0.6 is 0 Å². The number of carbonyl (C=O) groups is 1. The Labute approximate surface area is 110 Å². The number of amides is 1. The first-order valence-electron chi connectivity index (χ1n) is 6.50. The zero-order valence-corrected chi connectivity index (χ0v) is 12.5. The van der Waals surface area contributed by atoms with E-state index in [4.69, 9.17) is 0 Å². The molecule has 106 valence electrons. The molecule has 0 bridgehead atoms. The molecule has 0 spiro atoms. The minimum absolute atomic E-state index is 0.00365. The first-order valence-corrected chi connectivity index (χ1v) is 8.56. The van der Waals surface area contributed by atoms with Crippen LogP contribution in [0.15, 0.2) is 0 Å². The summed E-state index contributed by atoms with van der Waals surface area (Å²) in [6.45, 7) is 6.58. The maximum absolute atomic E-state index is 12.2. The van der Waals surface area contributed by atoms with Gasteiger partial charge in [0.1, 0.15) is 9.84 Å². The molecule has 0 aromatic heterocycles. The van der Waals surface area contributed by atoms with Crippen LogP contribution in [-0.4, -0.2) is 50.0 Å². The van der Waals surface area contributed by atoms with Crippen molar-refractivity contribution in [3.8, 4) is 0 Å². The molecule has 0 aliphatic carbocycles. The number of rotatable bonds is 6. The van der Waals surface area contributed by atoms with Crippen molar-refractivity contribution in [3.63, 3.8) is 0 Å². The SMILES string of the molecule is CCC(C)C1NC(C)N(CCCS(C)(=O)=O)C1=O. The first kappa shape index (κ1) is 15.4. The first-order chi connectivity index (χ1) is 8.26. The lowest BCUT2D eigenvalue weighted by atomic mass is 9.99. The number of hydrogen-bond acceptors (Lipinski definition) is 4. The second-order valence-corrected chi connectivity index (χ2v) is 7.48. The van der Waals surface area contributed by atoms with Crippen molar-refractivity contribution in [3.05, 3.63) is 0 Å². The molecule has 1 fully saturated rings. The van der Waals surface area contributed by atoms with Crippen molar-refractivity contribution in [1.82, 2.24) is 10.2 Å². The molecule has 6 heteroatoms. The van der Waals surface area contributed by atoms with Gasteiger partial charge in [0, 0.05) is 12.8 Å². The Balaban J connectivity index is 2.54. The maximum atomic E-state index is 12.2. The smallest absolute Gasteiger partial charge is 0.241 e. The van der Waals surface area contributed by atoms with Gasteiger partial charge in [-0.2, -0.15) is 0 Å². The lowest BCUT2D eigenvalue weighted by molar-refractivity contribution is -0.130. The van der Waals surface area contributed by atoms with Gasteiger partial charge in [-0.1, -0.05) is 20.3 Å². The zero-order valence-electron chi connectivity index (χ0n) is 11.6. The number of nitrogens with zero attached hydrogens (tertiary/aromatic N) is 1. The Bertz CT molecular complexity index is 394. The Morgan fingerprint density at radius 1 is 1.44 bits per heavy atom. The van der Waals surface area contributed by atoms with Gasteiger partial charge in [0.2, 0.25) is 5.91 Å². The van der Waals surface area contributed by atoms with Gasteiger partial charge in [0.05, 0.1) is 18.0 Å². The van der Waals surface area contributed by atoms with Crippen LogP contribution in [0.1, 0.15) is 33.6 Å². The fourth-order valence-electron chi connectivity index (χ4n) is 2.23. The topological polar surface area (TPSA) is 66.5 Å². The molecule has 1 rings (SSSR count). The highest BCUT2D eigenvalue weighted by molar-refractivity contribution is 7.90. The molecule has 1 heterocycles. The largest absolute Gasteiger partial charge is 0.326 e. The zero-order chi connectivity index (χ0) is 13.9. The summed E-state index contributed by atoms with van der Waals surface area (Å²) in [6, 6.07) is -0.122. The Kier molecular flexibility index (Phi) is 5.16. The summed E-state index contributed by atoms with van der Waals surface area (Å²) in [6.07, 6.45) is 2.68. The van der Waals surface area contributed by atoms with Gasteiger partial charge in [-0.25, -0.2) is 8.42 Å². The van der Waals surface area contributed by atoms with Crippen LogP contribution < -0.4 is 5.32 Å². The summed E-state index contributed by atoms with van der Waals surface area (Å²) >= 11 is 0. The third-order valence-corrected chi connectivity index (χ3v) is 4.59. The van der Waals surface area contributed by atoms with Gasteiger partial charge in [-0.15, -0.1) is 0 Å². The number of hydrogen-bond donors (Lipinski definition) is 1. The second kappa shape index (κ2) is 6.02. The predicted molar refractivity (Wildman–Crippen MR) is 71.9 cm³/mol. The number of sulfone groups is 1. The molecule has 1 N–H and O–H groups in total. The summed E-state index contributed by atoms with van der Waals surface area (Å²) in [7, 11) is -2.94. The van der Waals surface area contributed by atoms with E-state index >= 15 is 0 Å². The van der Waals surface area contributed by atoms with Gasteiger partial charge in [0.25, 0.3) is 0 Å². The van der Waals surface area contributed by atoms with E-state index in [0.29, 0.717) is 18.9 Å². The lowest BCUT2D eigenvalue weighted by Crippen LogP contribution is -2.36. The van der Waals surface area contributed by atoms with Crippen molar-refractivity contribution in [2.75, 3.05) is 18.6 Å². The van der Waals surface area contributed by atoms with Gasteiger partial charge in [-0.05, 0) is 19.3 Å². The normalized spacial score (nSPS) is 26.7. The molecule has 1 saturated heterocycles. The van der Waals surface area contributed by atoms with Gasteiger partial charge in [0.15, 0.2) is 0 Å². The highest BCUT2D eigenvalue weighted by Crippen LogP contribution is 2.19. The van der Waals surface area contributed by atoms with Crippen LogP contribution in [0.2, 0.25) is 0 Å². The van der Waals surface area contributed by atoms with Crippen molar-refractivity contribution in [2.24, 2.45) is 5.92 Å². The Morgan fingerprint density at radius 3 is 2.56 bits per heavy atom. The van der Waals surface area contributed by atoms with Crippen molar-refractivity contribution in [2.45, 2.75) is 45.8 Å². The Morgan fingerprint density at radius 2 is 2.06 bits per heavy atom. The van der Waals surface area contributed by atoms with Crippen LogP contribution in [0, 0.1) is 5.92 Å². The van der Waals surface area contributed by atoms with Crippen LogP contribution in [0.4, 0.5) is 0 Å². The molecular formula is C12H24N2O3S. The highest BCUT2D eigenvalue weighted by Gasteiger charge is 2.38. The van der Waals surface area contributed by atoms with Gasteiger partial charge >= 0.3 is 0 Å². The molecule has 1 aliphatic heterocycles. The summed E-state index contributed by atoms with van der Waals surface area (Å²) in [5.41, 5.74) is 0. The molecule has 18 heavy (non-hydrogen) atoms. The summed E-state index contributed by atoms with van der Waals surface area (Å²) in [5.74, 6) is 0.544. The van der Waals surface area contributed by atoms with Crippen molar-refractivity contribution in [1.29, 1.82) is 0 Å². The fourth-order valence-corrected chi connectivity index (χ4v) is 2.89. The number of carbonyl (C=O) groups excluding carboxylic acids is 1. The minimum Gasteiger partial charge on any atom is -0.326 e. The standard InChI is InChI=1S/C12H24N2O3S/c1-5-9(2)11-12(15)14(10(3)13-11)7-6-8-18(4,16)17/h9-11,13H,5-8H2,1-4H3. The van der Waals surface area contributed by atoms with Crippen LogP contribution in [0.3, 0.4) is 0 Å². The maximum Gasteiger partial charge on any atom is 0.241 e. The van der Waals surface area contributed by atoms with Gasteiger partial charge in [-0.3, -0.25) is 10.1 Å². The summed E-state index contributed by atoms with van der Waals surface area (Å²) in [4.78, 5) is 13.9. The van der Waals surface area contributed by atoms with E-state index < -0.39 is 9.84 Å². The molecule has 0 aromatic rings. The van der Waals surface area contributed by atoms with Crippen LogP contribution in [0.25, 0.3) is 0 Å². The lowest BCUT2D eigenvalue weighted by Gasteiger charge is -2.20. The molecule has 5 nitrogen and oxygen atoms in total. The average Bonchev–Trinajstić information content (AvgIpc) is 2.54. The fraction of sp³-hybridized carbons (Fsp3) is 0.917. The summed E-state index contributed by atoms with van der Waals surface area (Å²) < 4.78 is 22.1. The Hall–Kier alpha value is -0.620. The quantitative estimate of drug-likeness (QED) is 0.772. The molecule has 1 aliphatic rings. The van der Waals surface area contributed by atoms with E-state index in [-0.39, 0.29) is 23.9 Å². The molecule has 3 atom stereocenters. The van der Waals surface area contributed by atoms with Crippen LogP contribution in [0.5, 0.6) is 0 Å².